The van der Waals surface area contributed by atoms with Gasteiger partial charge in [-0.05, 0) is 56.1 Å². The lowest BCUT2D eigenvalue weighted by molar-refractivity contribution is -0.127. The first-order valence-electron chi connectivity index (χ1n) is 10.0. The molecule has 1 aliphatic rings. The van der Waals surface area contributed by atoms with Gasteiger partial charge in [-0.3, -0.25) is 14.5 Å². The van der Waals surface area contributed by atoms with Gasteiger partial charge in [-0.25, -0.2) is 0 Å². The van der Waals surface area contributed by atoms with E-state index in [1.165, 1.54) is 24.8 Å². The molecular weight excluding hydrogens is 350 g/mol. The maximum Gasteiger partial charge on any atom is 0.233 e. The number of amides is 2. The first kappa shape index (κ1) is 20.1. The van der Waals surface area contributed by atoms with Gasteiger partial charge in [0, 0.05) is 12.2 Å². The number of nitrogens with zero attached hydrogens (tertiary/aromatic N) is 1. The van der Waals surface area contributed by atoms with Gasteiger partial charge in [0.25, 0.3) is 0 Å². The van der Waals surface area contributed by atoms with E-state index in [4.69, 9.17) is 0 Å². The van der Waals surface area contributed by atoms with Crippen molar-refractivity contribution in [3.63, 3.8) is 0 Å². The van der Waals surface area contributed by atoms with Crippen LogP contribution in [0.3, 0.4) is 0 Å². The lowest BCUT2D eigenvalue weighted by Gasteiger charge is -2.35. The van der Waals surface area contributed by atoms with Crippen LogP contribution in [0.1, 0.15) is 42.9 Å². The van der Waals surface area contributed by atoms with Crippen LogP contribution in [0.5, 0.6) is 0 Å². The van der Waals surface area contributed by atoms with Crippen LogP contribution < -0.4 is 10.6 Å². The van der Waals surface area contributed by atoms with Crippen molar-refractivity contribution in [2.75, 3.05) is 25.0 Å². The maximum absolute atomic E-state index is 12.3. The molecule has 0 aliphatic carbocycles. The minimum atomic E-state index is -0.294. The van der Waals surface area contributed by atoms with Gasteiger partial charge in [-0.2, -0.15) is 0 Å². The molecule has 2 aromatic carbocycles. The van der Waals surface area contributed by atoms with E-state index in [-0.39, 0.29) is 24.3 Å². The predicted octanol–water partition coefficient (Wildman–Crippen LogP) is 3.67. The van der Waals surface area contributed by atoms with Gasteiger partial charge in [0.15, 0.2) is 0 Å². The second kappa shape index (κ2) is 10.0. The van der Waals surface area contributed by atoms with Crippen LogP contribution in [0.15, 0.2) is 54.6 Å². The molecule has 1 fully saturated rings. The Bertz CT molecular complexity index is 785. The van der Waals surface area contributed by atoms with Gasteiger partial charge in [-0.1, -0.05) is 48.9 Å². The van der Waals surface area contributed by atoms with Crippen molar-refractivity contribution in [1.29, 1.82) is 0 Å². The Morgan fingerprint density at radius 1 is 0.964 bits per heavy atom. The number of likely N-dealkylation sites (tertiary alicyclic amines) is 1. The molecule has 28 heavy (non-hydrogen) atoms. The quantitative estimate of drug-likeness (QED) is 0.722. The fraction of sp³-hybridized carbons (Fsp3) is 0.391. The predicted molar refractivity (Wildman–Crippen MR) is 112 cm³/mol. The highest BCUT2D eigenvalue weighted by Gasteiger charge is 2.23. The number of aryl methyl sites for hydroxylation is 1. The second-order valence-corrected chi connectivity index (χ2v) is 7.42. The van der Waals surface area contributed by atoms with Crippen LogP contribution in [-0.2, 0) is 9.59 Å². The van der Waals surface area contributed by atoms with Gasteiger partial charge in [0.1, 0.15) is 6.42 Å². The molecule has 2 N–H and O–H groups in total. The van der Waals surface area contributed by atoms with Crippen molar-refractivity contribution in [2.45, 2.75) is 38.6 Å². The van der Waals surface area contributed by atoms with E-state index >= 15 is 0 Å². The number of carbonyl (C=O) groups is 2. The van der Waals surface area contributed by atoms with E-state index in [1.54, 1.807) is 0 Å². The molecule has 2 amide bonds. The second-order valence-electron chi connectivity index (χ2n) is 7.42. The monoisotopic (exact) mass is 379 g/mol. The van der Waals surface area contributed by atoms with Gasteiger partial charge in [-0.15, -0.1) is 0 Å². The van der Waals surface area contributed by atoms with E-state index in [0.29, 0.717) is 12.2 Å². The molecule has 1 atom stereocenters. The van der Waals surface area contributed by atoms with Crippen molar-refractivity contribution >= 4 is 17.5 Å². The third kappa shape index (κ3) is 5.92. The van der Waals surface area contributed by atoms with Gasteiger partial charge >= 0.3 is 0 Å². The molecule has 1 heterocycles. The summed E-state index contributed by atoms with van der Waals surface area (Å²) in [6.45, 7) is 4.57. The zero-order valence-corrected chi connectivity index (χ0v) is 16.5. The zero-order valence-electron chi connectivity index (χ0n) is 16.5. The van der Waals surface area contributed by atoms with Gasteiger partial charge in [0.2, 0.25) is 11.8 Å². The van der Waals surface area contributed by atoms with Crippen LogP contribution in [-0.4, -0.2) is 36.3 Å². The molecule has 0 aromatic heterocycles. The molecule has 5 nitrogen and oxygen atoms in total. The molecular formula is C23H29N3O2. The van der Waals surface area contributed by atoms with Crippen LogP contribution in [0.25, 0.3) is 0 Å². The van der Waals surface area contributed by atoms with Crippen LogP contribution in [0, 0.1) is 6.92 Å². The van der Waals surface area contributed by atoms with E-state index < -0.39 is 0 Å². The largest absolute Gasteiger partial charge is 0.354 e. The highest BCUT2D eigenvalue weighted by Crippen LogP contribution is 2.24. The van der Waals surface area contributed by atoms with Crippen molar-refractivity contribution in [3.05, 3.63) is 65.7 Å². The number of piperidine rings is 1. The summed E-state index contributed by atoms with van der Waals surface area (Å²) < 4.78 is 0. The molecule has 5 heteroatoms. The lowest BCUT2D eigenvalue weighted by atomic mass is 10.0. The molecule has 2 aromatic rings. The number of hydrogen-bond acceptors (Lipinski definition) is 3. The molecule has 1 saturated heterocycles. The average Bonchev–Trinajstić information content (AvgIpc) is 2.69. The van der Waals surface area contributed by atoms with Crippen molar-refractivity contribution in [1.82, 2.24) is 10.2 Å². The molecule has 1 unspecified atom stereocenters. The summed E-state index contributed by atoms with van der Waals surface area (Å²) in [6, 6.07) is 18.0. The van der Waals surface area contributed by atoms with Gasteiger partial charge in [0.05, 0.1) is 6.04 Å². The standard InChI is InChI=1S/C23H29N3O2/c1-18-9-8-12-20(15-18)25-23(28)16-22(27)24-17-21(19-10-4-2-5-11-19)26-13-6-3-7-14-26/h2,4-5,8-12,15,21H,3,6-7,13-14,16-17H2,1H3,(H,24,27)(H,25,28). The molecule has 0 saturated carbocycles. The first-order valence-corrected chi connectivity index (χ1v) is 10.0. The summed E-state index contributed by atoms with van der Waals surface area (Å²) in [4.78, 5) is 26.9. The normalized spacial score (nSPS) is 15.6. The molecule has 0 spiro atoms. The van der Waals surface area contributed by atoms with Crippen LogP contribution in [0.4, 0.5) is 5.69 Å². The van der Waals surface area contributed by atoms with E-state index in [2.05, 4.69) is 27.7 Å². The minimum Gasteiger partial charge on any atom is -0.354 e. The van der Waals surface area contributed by atoms with Crippen molar-refractivity contribution < 1.29 is 9.59 Å². The summed E-state index contributed by atoms with van der Waals surface area (Å²) in [6.07, 6.45) is 3.48. The molecule has 3 rings (SSSR count). The topological polar surface area (TPSA) is 61.4 Å². The number of benzene rings is 2. The number of hydrogen-bond donors (Lipinski definition) is 2. The minimum absolute atomic E-state index is 0.144. The Balaban J connectivity index is 1.55. The summed E-state index contributed by atoms with van der Waals surface area (Å²) >= 11 is 0. The highest BCUT2D eigenvalue weighted by atomic mass is 16.2. The molecule has 0 bridgehead atoms. The summed E-state index contributed by atoms with van der Waals surface area (Å²) in [5, 5.41) is 5.75. The number of rotatable bonds is 7. The Labute approximate surface area is 167 Å². The third-order valence-electron chi connectivity index (χ3n) is 5.13. The maximum atomic E-state index is 12.3. The number of carbonyl (C=O) groups excluding carboxylic acids is 2. The van der Waals surface area contributed by atoms with E-state index in [1.807, 2.05) is 49.4 Å². The SMILES string of the molecule is Cc1cccc(NC(=O)CC(=O)NCC(c2ccccc2)N2CCCCC2)c1. The fourth-order valence-corrected chi connectivity index (χ4v) is 3.71. The van der Waals surface area contributed by atoms with Crippen LogP contribution >= 0.6 is 0 Å². The lowest BCUT2D eigenvalue weighted by Crippen LogP contribution is -2.41. The Kier molecular flexibility index (Phi) is 7.20. The Morgan fingerprint density at radius 3 is 2.43 bits per heavy atom. The average molecular weight is 380 g/mol. The first-order chi connectivity index (χ1) is 13.6. The number of anilines is 1. The summed E-state index contributed by atoms with van der Waals surface area (Å²) in [5.41, 5.74) is 2.98. The molecule has 0 radical (unpaired) electrons. The highest BCUT2D eigenvalue weighted by molar-refractivity contribution is 6.03. The summed E-state index contributed by atoms with van der Waals surface area (Å²) in [5.74, 6) is -0.541. The Hall–Kier alpha value is -2.66. The number of nitrogens with one attached hydrogen (secondary N) is 2. The van der Waals surface area contributed by atoms with Crippen molar-refractivity contribution in [3.8, 4) is 0 Å². The molecule has 1 aliphatic heterocycles. The Morgan fingerprint density at radius 2 is 1.71 bits per heavy atom. The van der Waals surface area contributed by atoms with E-state index in [9.17, 15) is 9.59 Å². The zero-order chi connectivity index (χ0) is 19.8. The summed E-state index contributed by atoms with van der Waals surface area (Å²) in [7, 11) is 0. The van der Waals surface area contributed by atoms with E-state index in [0.717, 1.165) is 18.7 Å². The van der Waals surface area contributed by atoms with Gasteiger partial charge < -0.3 is 10.6 Å². The van der Waals surface area contributed by atoms with Crippen molar-refractivity contribution in [2.24, 2.45) is 0 Å². The molecule has 148 valence electrons. The van der Waals surface area contributed by atoms with Crippen LogP contribution in [0.2, 0.25) is 0 Å². The smallest absolute Gasteiger partial charge is 0.233 e. The third-order valence-corrected chi connectivity index (χ3v) is 5.13. The fourth-order valence-electron chi connectivity index (χ4n) is 3.71.